The summed E-state index contributed by atoms with van der Waals surface area (Å²) in [7, 11) is 0. The highest BCUT2D eigenvalue weighted by Crippen LogP contribution is 2.13. The van der Waals surface area contributed by atoms with Crippen LogP contribution >= 0.6 is 0 Å². The first kappa shape index (κ1) is 19.3. The van der Waals surface area contributed by atoms with Gasteiger partial charge in [-0.1, -0.05) is 42.0 Å². The molecule has 1 fully saturated rings. The number of fused-ring (bicyclic) bond motifs is 1. The smallest absolute Gasteiger partial charge is 0.261 e. The zero-order valence-corrected chi connectivity index (χ0v) is 17.0. The van der Waals surface area contributed by atoms with Crippen molar-refractivity contribution in [3.63, 3.8) is 0 Å². The molecule has 3 aromatic rings. The third-order valence-corrected chi connectivity index (χ3v) is 5.57. The first-order valence-electron chi connectivity index (χ1n) is 10.0. The zero-order chi connectivity index (χ0) is 20.4. The van der Waals surface area contributed by atoms with Crippen molar-refractivity contribution in [3.05, 3.63) is 75.8 Å². The quantitative estimate of drug-likeness (QED) is 0.686. The fourth-order valence-corrected chi connectivity index (χ4v) is 3.92. The summed E-state index contributed by atoms with van der Waals surface area (Å²) < 4.78 is 1.42. The summed E-state index contributed by atoms with van der Waals surface area (Å²) in [5, 5.41) is 0.559. The molecule has 6 nitrogen and oxygen atoms in total. The number of aryl methyl sites for hydroxylation is 2. The Morgan fingerprint density at radius 1 is 1.03 bits per heavy atom. The maximum Gasteiger partial charge on any atom is 0.261 e. The van der Waals surface area contributed by atoms with Crippen LogP contribution in [0.4, 0.5) is 0 Å². The van der Waals surface area contributed by atoms with E-state index < -0.39 is 0 Å². The fraction of sp³-hybridized carbons (Fsp3) is 0.348. The van der Waals surface area contributed by atoms with Gasteiger partial charge < -0.3 is 4.90 Å². The molecule has 1 amide bonds. The molecule has 0 N–H and O–H groups in total. The van der Waals surface area contributed by atoms with Crippen molar-refractivity contribution in [2.75, 3.05) is 26.2 Å². The average molecular weight is 390 g/mol. The molecule has 29 heavy (non-hydrogen) atoms. The number of piperazine rings is 1. The standard InChI is InChI=1S/C23H26N4O2/c1-17-5-3-7-19(13-17)14-25-9-11-26(12-10-25)21(28)15-27-16-24-22-18(2)6-4-8-20(22)23(27)29/h3-8,13,16H,9-12,14-15H2,1-2H3. The molecule has 0 saturated carbocycles. The predicted molar refractivity (Wildman–Crippen MR) is 114 cm³/mol. The Balaban J connectivity index is 1.38. The summed E-state index contributed by atoms with van der Waals surface area (Å²) in [6.07, 6.45) is 1.49. The van der Waals surface area contributed by atoms with Crippen molar-refractivity contribution in [2.45, 2.75) is 26.9 Å². The number of carbonyl (C=O) groups is 1. The van der Waals surface area contributed by atoms with Crippen LogP contribution in [0.5, 0.6) is 0 Å². The van der Waals surface area contributed by atoms with Crippen molar-refractivity contribution in [2.24, 2.45) is 0 Å². The monoisotopic (exact) mass is 390 g/mol. The Morgan fingerprint density at radius 3 is 2.55 bits per heavy atom. The Morgan fingerprint density at radius 2 is 1.79 bits per heavy atom. The van der Waals surface area contributed by atoms with E-state index >= 15 is 0 Å². The zero-order valence-electron chi connectivity index (χ0n) is 17.0. The summed E-state index contributed by atoms with van der Waals surface area (Å²) in [6.45, 7) is 8.00. The van der Waals surface area contributed by atoms with Crippen molar-refractivity contribution in [1.29, 1.82) is 0 Å². The molecule has 4 rings (SSSR count). The number of rotatable bonds is 4. The van der Waals surface area contributed by atoms with Crippen LogP contribution in [0.2, 0.25) is 0 Å². The van der Waals surface area contributed by atoms with Crippen LogP contribution in [0, 0.1) is 13.8 Å². The summed E-state index contributed by atoms with van der Waals surface area (Å²) in [4.78, 5) is 34.1. The van der Waals surface area contributed by atoms with Gasteiger partial charge in [-0.25, -0.2) is 4.98 Å². The molecule has 0 bridgehead atoms. The lowest BCUT2D eigenvalue weighted by Crippen LogP contribution is -2.49. The minimum absolute atomic E-state index is 0.0314. The number of carbonyl (C=O) groups excluding carboxylic acids is 1. The van der Waals surface area contributed by atoms with E-state index in [4.69, 9.17) is 0 Å². The number of amides is 1. The second-order valence-electron chi connectivity index (χ2n) is 7.79. The van der Waals surface area contributed by atoms with Crippen LogP contribution < -0.4 is 5.56 Å². The largest absolute Gasteiger partial charge is 0.339 e. The van der Waals surface area contributed by atoms with E-state index in [9.17, 15) is 9.59 Å². The van der Waals surface area contributed by atoms with E-state index in [2.05, 4.69) is 41.1 Å². The molecular formula is C23H26N4O2. The molecule has 0 unspecified atom stereocenters. The number of nitrogens with zero attached hydrogens (tertiary/aromatic N) is 4. The molecule has 1 aliphatic heterocycles. The van der Waals surface area contributed by atoms with Crippen LogP contribution in [0.3, 0.4) is 0 Å². The lowest BCUT2D eigenvalue weighted by molar-refractivity contribution is -0.133. The predicted octanol–water partition coefficient (Wildman–Crippen LogP) is 2.36. The van der Waals surface area contributed by atoms with Gasteiger partial charge in [0.05, 0.1) is 17.2 Å². The lowest BCUT2D eigenvalue weighted by atomic mass is 10.1. The molecule has 150 valence electrons. The van der Waals surface area contributed by atoms with Crippen LogP contribution in [-0.4, -0.2) is 51.4 Å². The van der Waals surface area contributed by atoms with Gasteiger partial charge in [0.2, 0.25) is 5.91 Å². The molecule has 1 aliphatic rings. The molecule has 0 atom stereocenters. The first-order valence-corrected chi connectivity index (χ1v) is 10.0. The lowest BCUT2D eigenvalue weighted by Gasteiger charge is -2.35. The van der Waals surface area contributed by atoms with E-state index in [-0.39, 0.29) is 18.0 Å². The third kappa shape index (κ3) is 4.22. The molecule has 0 spiro atoms. The highest BCUT2D eigenvalue weighted by Gasteiger charge is 2.22. The van der Waals surface area contributed by atoms with E-state index in [1.165, 1.54) is 22.0 Å². The van der Waals surface area contributed by atoms with E-state index in [0.717, 1.165) is 25.2 Å². The second kappa shape index (κ2) is 8.17. The highest BCUT2D eigenvalue weighted by molar-refractivity contribution is 5.81. The first-order chi connectivity index (χ1) is 14.0. The van der Waals surface area contributed by atoms with Gasteiger partial charge in [0, 0.05) is 32.7 Å². The molecule has 1 aromatic heterocycles. The molecule has 0 aliphatic carbocycles. The molecular weight excluding hydrogens is 364 g/mol. The topological polar surface area (TPSA) is 58.4 Å². The minimum atomic E-state index is -0.162. The Kier molecular flexibility index (Phi) is 5.45. The van der Waals surface area contributed by atoms with Crippen molar-refractivity contribution in [1.82, 2.24) is 19.4 Å². The van der Waals surface area contributed by atoms with Crippen LogP contribution in [0.1, 0.15) is 16.7 Å². The average Bonchev–Trinajstić information content (AvgIpc) is 2.71. The van der Waals surface area contributed by atoms with Crippen LogP contribution in [-0.2, 0) is 17.9 Å². The maximum absolute atomic E-state index is 12.8. The fourth-order valence-electron chi connectivity index (χ4n) is 3.92. The SMILES string of the molecule is Cc1cccc(CN2CCN(C(=O)Cn3cnc4c(C)cccc4c3=O)CC2)c1. The number of aromatic nitrogens is 2. The van der Waals surface area contributed by atoms with Gasteiger partial charge >= 0.3 is 0 Å². The highest BCUT2D eigenvalue weighted by atomic mass is 16.2. The Hall–Kier alpha value is -2.99. The number of benzene rings is 2. The van der Waals surface area contributed by atoms with Gasteiger partial charge in [0.25, 0.3) is 5.56 Å². The second-order valence-corrected chi connectivity index (χ2v) is 7.79. The van der Waals surface area contributed by atoms with E-state index in [0.29, 0.717) is 24.0 Å². The Labute approximate surface area is 170 Å². The molecule has 2 heterocycles. The Bertz CT molecular complexity index is 1100. The molecule has 2 aromatic carbocycles. The molecule has 1 saturated heterocycles. The third-order valence-electron chi connectivity index (χ3n) is 5.57. The van der Waals surface area contributed by atoms with Crippen molar-refractivity contribution in [3.8, 4) is 0 Å². The van der Waals surface area contributed by atoms with Gasteiger partial charge in [-0.15, -0.1) is 0 Å². The summed E-state index contributed by atoms with van der Waals surface area (Å²) in [5.41, 5.74) is 4.06. The van der Waals surface area contributed by atoms with Gasteiger partial charge in [0.15, 0.2) is 0 Å². The molecule has 6 heteroatoms. The summed E-state index contributed by atoms with van der Waals surface area (Å²) in [6, 6.07) is 14.1. The minimum Gasteiger partial charge on any atom is -0.339 e. The normalized spacial score (nSPS) is 15.0. The number of para-hydroxylation sites is 1. The van der Waals surface area contributed by atoms with E-state index in [1.54, 1.807) is 6.07 Å². The maximum atomic E-state index is 12.8. The van der Waals surface area contributed by atoms with Gasteiger partial charge in [-0.3, -0.25) is 19.1 Å². The summed E-state index contributed by atoms with van der Waals surface area (Å²) in [5.74, 6) is -0.0314. The van der Waals surface area contributed by atoms with Crippen molar-refractivity contribution >= 4 is 16.8 Å². The van der Waals surface area contributed by atoms with Gasteiger partial charge in [0.1, 0.15) is 6.54 Å². The van der Waals surface area contributed by atoms with Gasteiger partial charge in [-0.2, -0.15) is 0 Å². The van der Waals surface area contributed by atoms with E-state index in [1.807, 2.05) is 24.0 Å². The number of hydrogen-bond donors (Lipinski definition) is 0. The van der Waals surface area contributed by atoms with Gasteiger partial charge in [-0.05, 0) is 31.0 Å². The van der Waals surface area contributed by atoms with Crippen LogP contribution in [0.25, 0.3) is 10.9 Å². The summed E-state index contributed by atoms with van der Waals surface area (Å²) >= 11 is 0. The molecule has 0 radical (unpaired) electrons. The number of hydrogen-bond acceptors (Lipinski definition) is 4. The van der Waals surface area contributed by atoms with Crippen molar-refractivity contribution < 1.29 is 4.79 Å². The van der Waals surface area contributed by atoms with Crippen LogP contribution in [0.15, 0.2) is 53.6 Å².